The van der Waals surface area contributed by atoms with Gasteiger partial charge in [-0.1, -0.05) is 11.6 Å². The molecule has 0 fully saturated rings. The molecule has 0 aliphatic carbocycles. The summed E-state index contributed by atoms with van der Waals surface area (Å²) >= 11 is 7.83. The van der Waals surface area contributed by atoms with Gasteiger partial charge in [-0.25, -0.2) is 9.97 Å². The van der Waals surface area contributed by atoms with E-state index in [-0.39, 0.29) is 16.8 Å². The van der Waals surface area contributed by atoms with E-state index in [2.05, 4.69) is 37.9 Å². The molecule has 92 valence electrons. The lowest BCUT2D eigenvalue weighted by molar-refractivity contribution is 0.102. The van der Waals surface area contributed by atoms with E-state index in [1.165, 1.54) is 12.4 Å². The van der Waals surface area contributed by atoms with Crippen molar-refractivity contribution in [3.05, 3.63) is 50.6 Å². The standard InChI is InChI=1S/C12H9ClIN3O/c1-7-4-8(14)2-3-9(7)17-12(18)10-5-16-11(13)6-15-10/h2-6H,1H3,(H,17,18). The zero-order valence-corrected chi connectivity index (χ0v) is 12.4. The van der Waals surface area contributed by atoms with Gasteiger partial charge in [-0.05, 0) is 53.3 Å². The fourth-order valence-electron chi connectivity index (χ4n) is 1.38. The van der Waals surface area contributed by atoms with E-state index in [1.54, 1.807) is 0 Å². The minimum atomic E-state index is -0.302. The van der Waals surface area contributed by atoms with Crippen molar-refractivity contribution in [3.63, 3.8) is 0 Å². The minimum absolute atomic E-state index is 0.234. The highest BCUT2D eigenvalue weighted by Crippen LogP contribution is 2.18. The Kier molecular flexibility index (Phi) is 4.13. The molecule has 1 aromatic heterocycles. The van der Waals surface area contributed by atoms with Gasteiger partial charge in [0.05, 0.1) is 12.4 Å². The minimum Gasteiger partial charge on any atom is -0.320 e. The van der Waals surface area contributed by atoms with Crippen LogP contribution < -0.4 is 5.32 Å². The predicted molar refractivity (Wildman–Crippen MR) is 78.9 cm³/mol. The monoisotopic (exact) mass is 373 g/mol. The maximum atomic E-state index is 11.9. The van der Waals surface area contributed by atoms with E-state index >= 15 is 0 Å². The number of nitrogens with one attached hydrogen (secondary N) is 1. The summed E-state index contributed by atoms with van der Waals surface area (Å²) in [5, 5.41) is 3.05. The normalized spacial score (nSPS) is 10.2. The summed E-state index contributed by atoms with van der Waals surface area (Å²) in [7, 11) is 0. The molecule has 1 heterocycles. The molecule has 2 aromatic rings. The zero-order valence-electron chi connectivity index (χ0n) is 9.45. The Bertz CT molecular complexity index is 586. The molecule has 1 amide bonds. The van der Waals surface area contributed by atoms with Gasteiger partial charge in [0, 0.05) is 9.26 Å². The smallest absolute Gasteiger partial charge is 0.275 e. The van der Waals surface area contributed by atoms with Crippen molar-refractivity contribution >= 4 is 45.8 Å². The summed E-state index contributed by atoms with van der Waals surface area (Å²) in [6.45, 7) is 1.94. The van der Waals surface area contributed by atoms with Crippen LogP contribution >= 0.6 is 34.2 Å². The van der Waals surface area contributed by atoms with Crippen molar-refractivity contribution < 1.29 is 4.79 Å². The van der Waals surface area contributed by atoms with Gasteiger partial charge in [0.15, 0.2) is 0 Å². The van der Waals surface area contributed by atoms with Gasteiger partial charge < -0.3 is 5.32 Å². The third-order valence-electron chi connectivity index (χ3n) is 2.29. The van der Waals surface area contributed by atoms with Crippen LogP contribution in [0.3, 0.4) is 0 Å². The molecule has 0 saturated carbocycles. The first-order valence-electron chi connectivity index (χ1n) is 5.11. The van der Waals surface area contributed by atoms with Crippen molar-refractivity contribution in [1.82, 2.24) is 9.97 Å². The number of benzene rings is 1. The predicted octanol–water partition coefficient (Wildman–Crippen LogP) is 3.30. The van der Waals surface area contributed by atoms with Crippen LogP contribution in [0.15, 0.2) is 30.6 Å². The Labute approximate surface area is 123 Å². The average Bonchev–Trinajstić information content (AvgIpc) is 2.33. The van der Waals surface area contributed by atoms with Gasteiger partial charge in [-0.3, -0.25) is 4.79 Å². The quantitative estimate of drug-likeness (QED) is 0.822. The first-order chi connectivity index (χ1) is 8.56. The lowest BCUT2D eigenvalue weighted by Crippen LogP contribution is -2.14. The van der Waals surface area contributed by atoms with Gasteiger partial charge in [-0.15, -0.1) is 0 Å². The van der Waals surface area contributed by atoms with Crippen molar-refractivity contribution in [2.75, 3.05) is 5.32 Å². The van der Waals surface area contributed by atoms with E-state index in [0.29, 0.717) is 0 Å². The lowest BCUT2D eigenvalue weighted by atomic mass is 10.2. The number of anilines is 1. The number of nitrogens with zero attached hydrogens (tertiary/aromatic N) is 2. The highest BCUT2D eigenvalue weighted by molar-refractivity contribution is 14.1. The molecule has 2 rings (SSSR count). The van der Waals surface area contributed by atoms with Crippen LogP contribution in [0.25, 0.3) is 0 Å². The SMILES string of the molecule is Cc1cc(I)ccc1NC(=O)c1cnc(Cl)cn1. The van der Waals surface area contributed by atoms with Crippen molar-refractivity contribution in [1.29, 1.82) is 0 Å². The molecule has 18 heavy (non-hydrogen) atoms. The molecular formula is C12H9ClIN3O. The van der Waals surface area contributed by atoms with Gasteiger partial charge in [-0.2, -0.15) is 0 Å². The number of aryl methyl sites for hydroxylation is 1. The van der Waals surface area contributed by atoms with Crippen LogP contribution in [0.4, 0.5) is 5.69 Å². The van der Waals surface area contributed by atoms with Crippen molar-refractivity contribution in [2.24, 2.45) is 0 Å². The van der Waals surface area contributed by atoms with Gasteiger partial charge >= 0.3 is 0 Å². The van der Waals surface area contributed by atoms with Crippen LogP contribution in [-0.2, 0) is 0 Å². The fraction of sp³-hybridized carbons (Fsp3) is 0.0833. The average molecular weight is 374 g/mol. The Balaban J connectivity index is 2.18. The maximum absolute atomic E-state index is 11.9. The van der Waals surface area contributed by atoms with Crippen LogP contribution in [0, 0.1) is 10.5 Å². The van der Waals surface area contributed by atoms with E-state index in [0.717, 1.165) is 14.8 Å². The molecular weight excluding hydrogens is 365 g/mol. The second kappa shape index (κ2) is 5.62. The Hall–Kier alpha value is -1.21. The number of rotatable bonds is 2. The third-order valence-corrected chi connectivity index (χ3v) is 3.16. The summed E-state index contributed by atoms with van der Waals surface area (Å²) in [4.78, 5) is 19.6. The highest BCUT2D eigenvalue weighted by Gasteiger charge is 2.09. The molecule has 0 radical (unpaired) electrons. The first-order valence-corrected chi connectivity index (χ1v) is 6.57. The zero-order chi connectivity index (χ0) is 13.1. The Morgan fingerprint density at radius 2 is 2.11 bits per heavy atom. The van der Waals surface area contributed by atoms with Crippen LogP contribution in [-0.4, -0.2) is 15.9 Å². The molecule has 0 spiro atoms. The topological polar surface area (TPSA) is 54.9 Å². The van der Waals surface area contributed by atoms with E-state index in [4.69, 9.17) is 11.6 Å². The second-order valence-corrected chi connectivity index (χ2v) is 5.27. The maximum Gasteiger partial charge on any atom is 0.275 e. The second-order valence-electron chi connectivity index (χ2n) is 3.64. The third kappa shape index (κ3) is 3.17. The van der Waals surface area contributed by atoms with Gasteiger partial charge in [0.25, 0.3) is 5.91 Å². The number of carbonyl (C=O) groups excluding carboxylic acids is 1. The summed E-state index contributed by atoms with van der Waals surface area (Å²) < 4.78 is 1.12. The fourth-order valence-corrected chi connectivity index (χ4v) is 2.13. The highest BCUT2D eigenvalue weighted by atomic mass is 127. The molecule has 0 bridgehead atoms. The van der Waals surface area contributed by atoms with Crippen molar-refractivity contribution in [2.45, 2.75) is 6.92 Å². The van der Waals surface area contributed by atoms with Gasteiger partial charge in [0.1, 0.15) is 10.8 Å². The summed E-state index contributed by atoms with van der Waals surface area (Å²) in [6.07, 6.45) is 2.69. The molecule has 0 saturated heterocycles. The first kappa shape index (κ1) is 13.2. The lowest BCUT2D eigenvalue weighted by Gasteiger charge is -2.08. The molecule has 0 aliphatic rings. The summed E-state index contributed by atoms with van der Waals surface area (Å²) in [5.41, 5.74) is 1.99. The number of hydrogen-bond donors (Lipinski definition) is 1. The number of amides is 1. The van der Waals surface area contributed by atoms with Gasteiger partial charge in [0.2, 0.25) is 0 Å². The Morgan fingerprint density at radius 1 is 1.33 bits per heavy atom. The van der Waals surface area contributed by atoms with Crippen molar-refractivity contribution in [3.8, 4) is 0 Å². The number of hydrogen-bond acceptors (Lipinski definition) is 3. The van der Waals surface area contributed by atoms with Crippen LogP contribution in [0.2, 0.25) is 5.15 Å². The number of carbonyl (C=O) groups is 1. The van der Waals surface area contributed by atoms with E-state index in [9.17, 15) is 4.79 Å². The summed E-state index contributed by atoms with van der Waals surface area (Å²) in [6, 6.07) is 5.78. The molecule has 6 heteroatoms. The largest absolute Gasteiger partial charge is 0.320 e. The molecule has 1 aromatic carbocycles. The molecule has 0 aliphatic heterocycles. The summed E-state index contributed by atoms with van der Waals surface area (Å²) in [5.74, 6) is -0.302. The molecule has 1 N–H and O–H groups in total. The molecule has 4 nitrogen and oxygen atoms in total. The van der Waals surface area contributed by atoms with E-state index < -0.39 is 0 Å². The van der Waals surface area contributed by atoms with E-state index in [1.807, 2.05) is 25.1 Å². The molecule has 0 unspecified atom stereocenters. The number of aromatic nitrogens is 2. The Morgan fingerprint density at radius 3 is 2.72 bits per heavy atom. The van der Waals surface area contributed by atoms with Crippen LogP contribution in [0.1, 0.15) is 16.1 Å². The molecule has 0 atom stereocenters. The van der Waals surface area contributed by atoms with Crippen LogP contribution in [0.5, 0.6) is 0 Å². The number of halogens is 2.